The third-order valence-corrected chi connectivity index (χ3v) is 4.09. The molecule has 3 rings (SSSR count). The second-order valence-electron chi connectivity index (χ2n) is 6.07. The van der Waals surface area contributed by atoms with Crippen molar-refractivity contribution in [1.29, 1.82) is 0 Å². The maximum Gasteiger partial charge on any atom is 0.387 e. The SMILES string of the molecule is O=C(/C=C/c1ccc(OC(F)F)cc1)N(Cc1ccccc1F)C1CC1. The molecule has 1 aliphatic carbocycles. The molecule has 136 valence electrons. The summed E-state index contributed by atoms with van der Waals surface area (Å²) < 4.78 is 42.4. The molecule has 1 amide bonds. The Labute approximate surface area is 149 Å². The zero-order valence-corrected chi connectivity index (χ0v) is 13.9. The van der Waals surface area contributed by atoms with Crippen LogP contribution in [0.25, 0.3) is 6.08 Å². The van der Waals surface area contributed by atoms with E-state index in [1.54, 1.807) is 41.3 Å². The molecule has 0 unspecified atom stereocenters. The number of alkyl halides is 2. The van der Waals surface area contributed by atoms with Crippen molar-refractivity contribution in [3.63, 3.8) is 0 Å². The van der Waals surface area contributed by atoms with E-state index < -0.39 is 6.61 Å². The molecule has 0 aromatic heterocycles. The monoisotopic (exact) mass is 361 g/mol. The van der Waals surface area contributed by atoms with Crippen LogP contribution in [0.2, 0.25) is 0 Å². The fourth-order valence-corrected chi connectivity index (χ4v) is 2.61. The number of rotatable bonds is 7. The van der Waals surface area contributed by atoms with E-state index in [0.29, 0.717) is 11.1 Å². The molecule has 0 radical (unpaired) electrons. The van der Waals surface area contributed by atoms with E-state index in [1.807, 2.05) is 0 Å². The lowest BCUT2D eigenvalue weighted by molar-refractivity contribution is -0.127. The minimum Gasteiger partial charge on any atom is -0.435 e. The summed E-state index contributed by atoms with van der Waals surface area (Å²) in [7, 11) is 0. The number of nitrogens with zero attached hydrogens (tertiary/aromatic N) is 1. The highest BCUT2D eigenvalue weighted by Crippen LogP contribution is 2.29. The summed E-state index contributed by atoms with van der Waals surface area (Å²) in [5.74, 6) is -0.476. The van der Waals surface area contributed by atoms with Crippen LogP contribution in [0.15, 0.2) is 54.6 Å². The Morgan fingerprint density at radius 1 is 1.15 bits per heavy atom. The van der Waals surface area contributed by atoms with Gasteiger partial charge in [-0.05, 0) is 42.7 Å². The predicted octanol–water partition coefficient (Wildman–Crippen LogP) is 4.63. The summed E-state index contributed by atoms with van der Waals surface area (Å²) in [6, 6.07) is 12.5. The van der Waals surface area contributed by atoms with Crippen molar-refractivity contribution in [2.45, 2.75) is 32.0 Å². The smallest absolute Gasteiger partial charge is 0.387 e. The number of hydrogen-bond donors (Lipinski definition) is 0. The van der Waals surface area contributed by atoms with Gasteiger partial charge in [-0.25, -0.2) is 4.39 Å². The van der Waals surface area contributed by atoms with Crippen molar-refractivity contribution in [2.24, 2.45) is 0 Å². The van der Waals surface area contributed by atoms with Gasteiger partial charge in [0.1, 0.15) is 11.6 Å². The number of hydrogen-bond acceptors (Lipinski definition) is 2. The Balaban J connectivity index is 1.66. The lowest BCUT2D eigenvalue weighted by Gasteiger charge is -2.21. The number of benzene rings is 2. The zero-order chi connectivity index (χ0) is 18.5. The molecule has 0 atom stereocenters. The van der Waals surface area contributed by atoms with Gasteiger partial charge in [-0.2, -0.15) is 8.78 Å². The topological polar surface area (TPSA) is 29.5 Å². The third kappa shape index (κ3) is 4.88. The molecule has 0 spiro atoms. The summed E-state index contributed by atoms with van der Waals surface area (Å²) in [5.41, 5.74) is 1.16. The van der Waals surface area contributed by atoms with E-state index in [9.17, 15) is 18.0 Å². The molecule has 0 aliphatic heterocycles. The molecule has 1 aliphatic rings. The molecule has 2 aromatic rings. The van der Waals surface area contributed by atoms with Crippen LogP contribution in [0.3, 0.4) is 0 Å². The quantitative estimate of drug-likeness (QED) is 0.673. The van der Waals surface area contributed by atoms with E-state index in [4.69, 9.17) is 0 Å². The highest BCUT2D eigenvalue weighted by Gasteiger charge is 2.31. The van der Waals surface area contributed by atoms with Crippen LogP contribution in [0, 0.1) is 5.82 Å². The van der Waals surface area contributed by atoms with Crippen LogP contribution in [-0.4, -0.2) is 23.5 Å². The van der Waals surface area contributed by atoms with Crippen molar-refractivity contribution in [3.05, 3.63) is 71.6 Å². The van der Waals surface area contributed by atoms with Crippen LogP contribution in [0.1, 0.15) is 24.0 Å². The number of carbonyl (C=O) groups is 1. The normalized spacial score (nSPS) is 14.0. The molecule has 26 heavy (non-hydrogen) atoms. The van der Waals surface area contributed by atoms with Crippen LogP contribution >= 0.6 is 0 Å². The molecule has 0 heterocycles. The predicted molar refractivity (Wildman–Crippen MR) is 92.1 cm³/mol. The molecule has 0 N–H and O–H groups in total. The van der Waals surface area contributed by atoms with Gasteiger partial charge < -0.3 is 9.64 Å². The Morgan fingerprint density at radius 3 is 2.46 bits per heavy atom. The molecule has 2 aromatic carbocycles. The molecule has 0 saturated heterocycles. The van der Waals surface area contributed by atoms with Gasteiger partial charge in [0.05, 0.1) is 0 Å². The Bertz CT molecular complexity index is 786. The van der Waals surface area contributed by atoms with Crippen molar-refractivity contribution in [1.82, 2.24) is 4.90 Å². The van der Waals surface area contributed by atoms with Gasteiger partial charge in [0.2, 0.25) is 5.91 Å². The Kier molecular flexibility index (Phi) is 5.61. The number of amides is 1. The van der Waals surface area contributed by atoms with Crippen LogP contribution in [0.4, 0.5) is 13.2 Å². The van der Waals surface area contributed by atoms with Crippen molar-refractivity contribution >= 4 is 12.0 Å². The average Bonchev–Trinajstić information content (AvgIpc) is 3.44. The maximum atomic E-state index is 13.9. The molecule has 6 heteroatoms. The van der Waals surface area contributed by atoms with E-state index in [-0.39, 0.29) is 30.1 Å². The fraction of sp³-hybridized carbons (Fsp3) is 0.250. The van der Waals surface area contributed by atoms with E-state index in [1.165, 1.54) is 24.3 Å². The van der Waals surface area contributed by atoms with Crippen LogP contribution in [-0.2, 0) is 11.3 Å². The first-order valence-corrected chi connectivity index (χ1v) is 8.30. The minimum absolute atomic E-state index is 0.0580. The Morgan fingerprint density at radius 2 is 1.85 bits per heavy atom. The summed E-state index contributed by atoms with van der Waals surface area (Å²) in [5, 5.41) is 0. The lowest BCUT2D eigenvalue weighted by Crippen LogP contribution is -2.31. The molecular formula is C20H18F3NO2. The first kappa shape index (κ1) is 18.0. The van der Waals surface area contributed by atoms with Crippen molar-refractivity contribution in [2.75, 3.05) is 0 Å². The first-order valence-electron chi connectivity index (χ1n) is 8.30. The van der Waals surface area contributed by atoms with Gasteiger partial charge in [0.25, 0.3) is 0 Å². The molecule has 0 bridgehead atoms. The molecular weight excluding hydrogens is 343 g/mol. The molecule has 1 saturated carbocycles. The van der Waals surface area contributed by atoms with E-state index in [2.05, 4.69) is 4.74 Å². The van der Waals surface area contributed by atoms with Crippen LogP contribution in [0.5, 0.6) is 5.75 Å². The van der Waals surface area contributed by atoms with Gasteiger partial charge in [-0.15, -0.1) is 0 Å². The van der Waals surface area contributed by atoms with E-state index in [0.717, 1.165) is 12.8 Å². The first-order chi connectivity index (χ1) is 12.5. The highest BCUT2D eigenvalue weighted by molar-refractivity contribution is 5.92. The van der Waals surface area contributed by atoms with Gasteiger partial charge in [0, 0.05) is 24.2 Å². The summed E-state index contributed by atoms with van der Waals surface area (Å²) in [6.07, 6.45) is 4.84. The third-order valence-electron chi connectivity index (χ3n) is 4.09. The Hall–Kier alpha value is -2.76. The van der Waals surface area contributed by atoms with E-state index >= 15 is 0 Å². The van der Waals surface area contributed by atoms with Gasteiger partial charge in [-0.3, -0.25) is 4.79 Å². The standard InChI is InChI=1S/C20H18F3NO2/c21-18-4-2-1-3-15(18)13-24(16-8-9-16)19(25)12-7-14-5-10-17(11-6-14)26-20(22)23/h1-7,10-12,16,20H,8-9,13H2/b12-7+. The number of carbonyl (C=O) groups excluding carboxylic acids is 1. The van der Waals surface area contributed by atoms with Gasteiger partial charge in [-0.1, -0.05) is 30.3 Å². The summed E-state index contributed by atoms with van der Waals surface area (Å²) >= 11 is 0. The second kappa shape index (κ2) is 8.08. The maximum absolute atomic E-state index is 13.9. The van der Waals surface area contributed by atoms with Gasteiger partial charge >= 0.3 is 6.61 Å². The minimum atomic E-state index is -2.87. The summed E-state index contributed by atoms with van der Waals surface area (Å²) in [6.45, 7) is -2.65. The van der Waals surface area contributed by atoms with Crippen molar-refractivity contribution < 1.29 is 22.7 Å². The number of ether oxygens (including phenoxy) is 1. The van der Waals surface area contributed by atoms with Crippen molar-refractivity contribution in [3.8, 4) is 5.75 Å². The van der Waals surface area contributed by atoms with Gasteiger partial charge in [0.15, 0.2) is 0 Å². The number of halogens is 3. The lowest BCUT2D eigenvalue weighted by atomic mass is 10.1. The second-order valence-corrected chi connectivity index (χ2v) is 6.07. The van der Waals surface area contributed by atoms with Crippen LogP contribution < -0.4 is 4.74 Å². The molecule has 3 nitrogen and oxygen atoms in total. The highest BCUT2D eigenvalue weighted by atomic mass is 19.3. The average molecular weight is 361 g/mol. The largest absolute Gasteiger partial charge is 0.435 e. The zero-order valence-electron chi connectivity index (χ0n) is 13.9. The fourth-order valence-electron chi connectivity index (χ4n) is 2.61. The molecule has 1 fully saturated rings. The summed E-state index contributed by atoms with van der Waals surface area (Å²) in [4.78, 5) is 14.2.